The van der Waals surface area contributed by atoms with Gasteiger partial charge in [-0.05, 0) is 55.4 Å². The van der Waals surface area contributed by atoms with Crippen LogP contribution < -0.4 is 15.5 Å². The Balaban J connectivity index is 1.87. The van der Waals surface area contributed by atoms with Crippen LogP contribution in [0.4, 0.5) is 16.2 Å². The lowest BCUT2D eigenvalue weighted by atomic mass is 9.99. The van der Waals surface area contributed by atoms with Gasteiger partial charge in [0, 0.05) is 37.1 Å². The average molecular weight is 333 g/mol. The van der Waals surface area contributed by atoms with Crippen LogP contribution in [0.25, 0.3) is 0 Å². The summed E-state index contributed by atoms with van der Waals surface area (Å²) in [6, 6.07) is 7.79. The number of urea groups is 1. The van der Waals surface area contributed by atoms with Crippen LogP contribution in [0.5, 0.6) is 0 Å². The number of aliphatic hydroxyl groups excluding tert-OH is 1. The molecular weight excluding hydrogens is 302 g/mol. The highest BCUT2D eigenvalue weighted by Crippen LogP contribution is 2.24. The number of amides is 2. The van der Waals surface area contributed by atoms with Gasteiger partial charge < -0.3 is 20.6 Å². The van der Waals surface area contributed by atoms with E-state index in [0.29, 0.717) is 6.42 Å². The molecule has 0 radical (unpaired) electrons. The SMILES string of the molecule is CC1CCN(c2ccc(NC(=O)NC(CCO)C(C)C)cc2)CC1. The third-order valence-corrected chi connectivity index (χ3v) is 4.84. The first-order valence-electron chi connectivity index (χ1n) is 9.03. The fourth-order valence-electron chi connectivity index (χ4n) is 3.07. The molecule has 24 heavy (non-hydrogen) atoms. The second-order valence-corrected chi connectivity index (χ2v) is 7.18. The standard InChI is InChI=1S/C19H31N3O2/c1-14(2)18(10-13-23)21-19(24)20-16-4-6-17(7-5-16)22-11-8-15(3)9-12-22/h4-7,14-15,18,23H,8-13H2,1-3H3,(H2,20,21,24). The molecule has 1 heterocycles. The molecule has 1 aliphatic heterocycles. The van der Waals surface area contributed by atoms with Crippen LogP contribution in [-0.2, 0) is 0 Å². The number of nitrogens with zero attached hydrogens (tertiary/aromatic N) is 1. The van der Waals surface area contributed by atoms with E-state index < -0.39 is 0 Å². The van der Waals surface area contributed by atoms with Crippen molar-refractivity contribution in [3.8, 4) is 0 Å². The Labute approximate surface area is 145 Å². The molecule has 1 aromatic rings. The minimum Gasteiger partial charge on any atom is -0.396 e. The minimum atomic E-state index is -0.221. The van der Waals surface area contributed by atoms with Gasteiger partial charge >= 0.3 is 6.03 Å². The lowest BCUT2D eigenvalue weighted by Crippen LogP contribution is -2.41. The van der Waals surface area contributed by atoms with Gasteiger partial charge in [-0.1, -0.05) is 20.8 Å². The summed E-state index contributed by atoms with van der Waals surface area (Å²) >= 11 is 0. The fourth-order valence-corrected chi connectivity index (χ4v) is 3.07. The van der Waals surface area contributed by atoms with Crippen molar-refractivity contribution in [3.63, 3.8) is 0 Å². The van der Waals surface area contributed by atoms with Crippen molar-refractivity contribution in [2.75, 3.05) is 29.9 Å². The minimum absolute atomic E-state index is 0.0235. The van der Waals surface area contributed by atoms with Crippen molar-refractivity contribution >= 4 is 17.4 Å². The molecule has 3 N–H and O–H groups in total. The zero-order valence-electron chi connectivity index (χ0n) is 15.1. The van der Waals surface area contributed by atoms with Crippen molar-refractivity contribution < 1.29 is 9.90 Å². The molecule has 0 bridgehead atoms. The van der Waals surface area contributed by atoms with Crippen molar-refractivity contribution in [1.82, 2.24) is 5.32 Å². The molecule has 2 amide bonds. The van der Waals surface area contributed by atoms with E-state index in [0.717, 1.165) is 24.7 Å². The van der Waals surface area contributed by atoms with E-state index in [1.54, 1.807) is 0 Å². The molecule has 5 heteroatoms. The summed E-state index contributed by atoms with van der Waals surface area (Å²) in [7, 11) is 0. The highest BCUT2D eigenvalue weighted by Gasteiger charge is 2.17. The van der Waals surface area contributed by atoms with Crippen LogP contribution >= 0.6 is 0 Å². The molecule has 1 atom stereocenters. The summed E-state index contributed by atoms with van der Waals surface area (Å²) in [5.41, 5.74) is 2.00. The molecule has 1 aromatic carbocycles. The summed E-state index contributed by atoms with van der Waals surface area (Å²) in [6.07, 6.45) is 3.05. The molecule has 1 saturated heterocycles. The number of aliphatic hydroxyl groups is 1. The molecular formula is C19H31N3O2. The van der Waals surface area contributed by atoms with Gasteiger partial charge in [0.1, 0.15) is 0 Å². The fraction of sp³-hybridized carbons (Fsp3) is 0.632. The van der Waals surface area contributed by atoms with E-state index in [2.05, 4.69) is 34.6 Å². The first-order valence-corrected chi connectivity index (χ1v) is 9.03. The van der Waals surface area contributed by atoms with Gasteiger partial charge in [0.15, 0.2) is 0 Å². The number of carbonyl (C=O) groups is 1. The first kappa shape index (κ1) is 18.6. The van der Waals surface area contributed by atoms with Crippen LogP contribution in [0.15, 0.2) is 24.3 Å². The maximum absolute atomic E-state index is 12.1. The van der Waals surface area contributed by atoms with Crippen LogP contribution in [0.2, 0.25) is 0 Å². The largest absolute Gasteiger partial charge is 0.396 e. The monoisotopic (exact) mass is 333 g/mol. The predicted molar refractivity (Wildman–Crippen MR) is 99.5 cm³/mol. The Morgan fingerprint density at radius 3 is 2.42 bits per heavy atom. The van der Waals surface area contributed by atoms with Gasteiger partial charge in [0.25, 0.3) is 0 Å². The first-order chi connectivity index (χ1) is 11.5. The maximum atomic E-state index is 12.1. The Hall–Kier alpha value is -1.75. The van der Waals surface area contributed by atoms with Crippen molar-refractivity contribution in [2.24, 2.45) is 11.8 Å². The van der Waals surface area contributed by atoms with E-state index in [-0.39, 0.29) is 24.6 Å². The summed E-state index contributed by atoms with van der Waals surface area (Å²) in [5.74, 6) is 1.10. The molecule has 0 spiro atoms. The zero-order chi connectivity index (χ0) is 17.5. The molecule has 0 saturated carbocycles. The maximum Gasteiger partial charge on any atom is 0.319 e. The Bertz CT molecular complexity index is 508. The van der Waals surface area contributed by atoms with Gasteiger partial charge in [0.05, 0.1) is 0 Å². The van der Waals surface area contributed by atoms with Crippen LogP contribution in [0.3, 0.4) is 0 Å². The second-order valence-electron chi connectivity index (χ2n) is 7.18. The number of piperidine rings is 1. The smallest absolute Gasteiger partial charge is 0.319 e. The molecule has 1 fully saturated rings. The van der Waals surface area contributed by atoms with Gasteiger partial charge in [-0.25, -0.2) is 4.79 Å². The van der Waals surface area contributed by atoms with Crippen molar-refractivity contribution in [3.05, 3.63) is 24.3 Å². The number of rotatable bonds is 6. The Kier molecular flexibility index (Phi) is 6.91. The lowest BCUT2D eigenvalue weighted by molar-refractivity contribution is 0.227. The second kappa shape index (κ2) is 8.92. The third-order valence-electron chi connectivity index (χ3n) is 4.84. The van der Waals surface area contributed by atoms with E-state index in [1.165, 1.54) is 18.5 Å². The summed E-state index contributed by atoms with van der Waals surface area (Å²) in [6.45, 7) is 8.66. The van der Waals surface area contributed by atoms with Gasteiger partial charge in [-0.3, -0.25) is 0 Å². The number of hydrogen-bond acceptors (Lipinski definition) is 3. The molecule has 5 nitrogen and oxygen atoms in total. The van der Waals surface area contributed by atoms with Crippen LogP contribution in [0, 0.1) is 11.8 Å². The summed E-state index contributed by atoms with van der Waals surface area (Å²) in [5, 5.41) is 14.9. The number of nitrogens with one attached hydrogen (secondary N) is 2. The molecule has 2 rings (SSSR count). The zero-order valence-corrected chi connectivity index (χ0v) is 15.1. The molecule has 1 unspecified atom stereocenters. The van der Waals surface area contributed by atoms with Gasteiger partial charge in [0.2, 0.25) is 0 Å². The third kappa shape index (κ3) is 5.41. The van der Waals surface area contributed by atoms with Crippen LogP contribution in [-0.4, -0.2) is 36.9 Å². The summed E-state index contributed by atoms with van der Waals surface area (Å²) < 4.78 is 0. The highest BCUT2D eigenvalue weighted by atomic mass is 16.3. The van der Waals surface area contributed by atoms with Crippen molar-refractivity contribution in [2.45, 2.75) is 46.1 Å². The Morgan fingerprint density at radius 2 is 1.88 bits per heavy atom. The summed E-state index contributed by atoms with van der Waals surface area (Å²) in [4.78, 5) is 14.5. The highest BCUT2D eigenvalue weighted by molar-refractivity contribution is 5.89. The topological polar surface area (TPSA) is 64.6 Å². The average Bonchev–Trinajstić information content (AvgIpc) is 2.56. The van der Waals surface area contributed by atoms with Crippen LogP contribution in [0.1, 0.15) is 40.0 Å². The number of carbonyl (C=O) groups excluding carboxylic acids is 1. The normalized spacial score (nSPS) is 17.0. The van der Waals surface area contributed by atoms with Crippen molar-refractivity contribution in [1.29, 1.82) is 0 Å². The molecule has 0 aromatic heterocycles. The number of anilines is 2. The predicted octanol–water partition coefficient (Wildman–Crippen LogP) is 3.45. The van der Waals surface area contributed by atoms with Gasteiger partial charge in [-0.15, -0.1) is 0 Å². The quantitative estimate of drug-likeness (QED) is 0.747. The van der Waals surface area contributed by atoms with E-state index in [9.17, 15) is 4.79 Å². The molecule has 1 aliphatic rings. The number of benzene rings is 1. The lowest BCUT2D eigenvalue weighted by Gasteiger charge is -2.32. The molecule has 0 aliphatic carbocycles. The molecule has 134 valence electrons. The Morgan fingerprint density at radius 1 is 1.25 bits per heavy atom. The number of hydrogen-bond donors (Lipinski definition) is 3. The van der Waals surface area contributed by atoms with E-state index in [4.69, 9.17) is 5.11 Å². The van der Waals surface area contributed by atoms with E-state index >= 15 is 0 Å². The van der Waals surface area contributed by atoms with Gasteiger partial charge in [-0.2, -0.15) is 0 Å². The van der Waals surface area contributed by atoms with E-state index in [1.807, 2.05) is 26.0 Å².